The van der Waals surface area contributed by atoms with Gasteiger partial charge in [-0.15, -0.1) is 0 Å². The molecule has 1 amide bonds. The molecule has 0 radical (unpaired) electrons. The number of aromatic nitrogens is 1. The number of nitrogens with zero attached hydrogens (tertiary/aromatic N) is 1. The van der Waals surface area contributed by atoms with Crippen molar-refractivity contribution in [1.82, 2.24) is 10.3 Å². The van der Waals surface area contributed by atoms with Gasteiger partial charge < -0.3 is 14.8 Å². The van der Waals surface area contributed by atoms with Crippen LogP contribution in [0.15, 0.2) is 48.7 Å². The van der Waals surface area contributed by atoms with Crippen LogP contribution in [0.2, 0.25) is 0 Å². The van der Waals surface area contributed by atoms with Crippen molar-refractivity contribution in [2.45, 2.75) is 13.5 Å². The number of ether oxygens (including phenoxy) is 2. The molecule has 0 saturated carbocycles. The van der Waals surface area contributed by atoms with Crippen LogP contribution >= 0.6 is 0 Å². The summed E-state index contributed by atoms with van der Waals surface area (Å²) in [7, 11) is 1.33. The van der Waals surface area contributed by atoms with E-state index in [1.165, 1.54) is 13.2 Å². The molecule has 130 valence electrons. The molecule has 1 heterocycles. The highest BCUT2D eigenvalue weighted by molar-refractivity contribution is 5.92. The lowest BCUT2D eigenvalue weighted by Crippen LogP contribution is -2.20. The lowest BCUT2D eigenvalue weighted by Gasteiger charge is -2.08. The van der Waals surface area contributed by atoms with Crippen molar-refractivity contribution in [3.63, 3.8) is 0 Å². The molecule has 6 heteroatoms. The molecular weight excluding hydrogens is 320 g/mol. The molecule has 1 aromatic heterocycles. The third kappa shape index (κ3) is 5.46. The van der Waals surface area contributed by atoms with Crippen LogP contribution in [0.5, 0.6) is 5.88 Å². The monoisotopic (exact) mass is 340 g/mol. The van der Waals surface area contributed by atoms with Crippen LogP contribution in [0.4, 0.5) is 0 Å². The minimum absolute atomic E-state index is 0.233. The number of amides is 1. The van der Waals surface area contributed by atoms with Gasteiger partial charge in [-0.05, 0) is 36.8 Å². The van der Waals surface area contributed by atoms with Crippen LogP contribution in [-0.2, 0) is 16.1 Å². The van der Waals surface area contributed by atoms with E-state index in [1.54, 1.807) is 42.6 Å². The number of hydrogen-bond donors (Lipinski definition) is 1. The van der Waals surface area contributed by atoms with Gasteiger partial charge in [-0.2, -0.15) is 0 Å². The van der Waals surface area contributed by atoms with Crippen LogP contribution < -0.4 is 10.1 Å². The van der Waals surface area contributed by atoms with E-state index in [0.717, 1.165) is 11.1 Å². The number of carbonyl (C=O) groups excluding carboxylic acids is 2. The summed E-state index contributed by atoms with van der Waals surface area (Å²) in [6.07, 6.45) is 4.75. The van der Waals surface area contributed by atoms with Gasteiger partial charge in [-0.1, -0.05) is 18.2 Å². The van der Waals surface area contributed by atoms with Crippen LogP contribution in [0.3, 0.4) is 0 Å². The molecule has 1 N–H and O–H groups in total. The van der Waals surface area contributed by atoms with Gasteiger partial charge in [0, 0.05) is 24.4 Å². The Balaban J connectivity index is 1.92. The van der Waals surface area contributed by atoms with Crippen molar-refractivity contribution >= 4 is 18.0 Å². The summed E-state index contributed by atoms with van der Waals surface area (Å²) in [4.78, 5) is 27.5. The van der Waals surface area contributed by atoms with Gasteiger partial charge in [0.1, 0.15) is 0 Å². The summed E-state index contributed by atoms with van der Waals surface area (Å²) in [5, 5.41) is 2.79. The Kier molecular flexibility index (Phi) is 6.71. The minimum Gasteiger partial charge on any atom is -0.478 e. The summed E-state index contributed by atoms with van der Waals surface area (Å²) >= 11 is 0. The molecule has 0 aliphatic carbocycles. The first kappa shape index (κ1) is 18.2. The van der Waals surface area contributed by atoms with Crippen molar-refractivity contribution in [3.8, 4) is 5.88 Å². The van der Waals surface area contributed by atoms with Gasteiger partial charge in [0.15, 0.2) is 0 Å². The lowest BCUT2D eigenvalue weighted by atomic mass is 10.1. The topological polar surface area (TPSA) is 77.5 Å². The first-order valence-corrected chi connectivity index (χ1v) is 7.85. The number of pyridine rings is 1. The van der Waals surface area contributed by atoms with E-state index in [4.69, 9.17) is 4.74 Å². The average molecular weight is 340 g/mol. The summed E-state index contributed by atoms with van der Waals surface area (Å²) < 4.78 is 10.1. The Labute approximate surface area is 146 Å². The van der Waals surface area contributed by atoms with E-state index < -0.39 is 5.97 Å². The highest BCUT2D eigenvalue weighted by Gasteiger charge is 2.05. The predicted octanol–water partition coefficient (Wildman–Crippen LogP) is 2.60. The van der Waals surface area contributed by atoms with Crippen LogP contribution in [0.25, 0.3) is 6.08 Å². The Morgan fingerprint density at radius 2 is 1.96 bits per heavy atom. The molecule has 6 nitrogen and oxygen atoms in total. The van der Waals surface area contributed by atoms with Gasteiger partial charge in [-0.25, -0.2) is 9.78 Å². The molecule has 0 fully saturated rings. The number of nitrogens with one attached hydrogen (secondary N) is 1. The van der Waals surface area contributed by atoms with E-state index in [1.807, 2.05) is 13.0 Å². The maximum atomic E-state index is 11.9. The average Bonchev–Trinajstić information content (AvgIpc) is 2.65. The predicted molar refractivity (Wildman–Crippen MR) is 94.1 cm³/mol. The van der Waals surface area contributed by atoms with Crippen molar-refractivity contribution in [2.24, 2.45) is 0 Å². The van der Waals surface area contributed by atoms with E-state index in [2.05, 4.69) is 15.0 Å². The molecule has 0 spiro atoms. The molecule has 1 aromatic carbocycles. The first-order valence-electron chi connectivity index (χ1n) is 7.85. The normalized spacial score (nSPS) is 10.5. The number of benzene rings is 1. The SMILES string of the molecule is CCOc1ncccc1CNC(=O)/C=C/c1ccc(C(=O)OC)cc1. The summed E-state index contributed by atoms with van der Waals surface area (Å²) in [6.45, 7) is 2.72. The van der Waals surface area contributed by atoms with Crippen LogP contribution in [0, 0.1) is 0 Å². The zero-order valence-electron chi connectivity index (χ0n) is 14.2. The Morgan fingerprint density at radius 3 is 2.64 bits per heavy atom. The molecule has 2 rings (SSSR count). The van der Waals surface area contributed by atoms with Gasteiger partial charge in [-0.3, -0.25) is 4.79 Å². The zero-order chi connectivity index (χ0) is 18.1. The lowest BCUT2D eigenvalue weighted by molar-refractivity contribution is -0.116. The standard InChI is InChI=1S/C19H20N2O4/c1-3-25-18-16(5-4-12-20-18)13-21-17(22)11-8-14-6-9-15(10-7-14)19(23)24-2/h4-12H,3,13H2,1-2H3,(H,21,22)/b11-8+. The second kappa shape index (κ2) is 9.22. The molecule has 0 unspecified atom stereocenters. The number of rotatable bonds is 7. The number of esters is 1. The van der Waals surface area contributed by atoms with Crippen molar-refractivity contribution in [1.29, 1.82) is 0 Å². The fourth-order valence-corrected chi connectivity index (χ4v) is 2.09. The second-order valence-electron chi connectivity index (χ2n) is 5.07. The van der Waals surface area contributed by atoms with Crippen LogP contribution in [0.1, 0.15) is 28.4 Å². The number of hydrogen-bond acceptors (Lipinski definition) is 5. The van der Waals surface area contributed by atoms with E-state index >= 15 is 0 Å². The Hall–Kier alpha value is -3.15. The highest BCUT2D eigenvalue weighted by atomic mass is 16.5. The molecule has 0 aliphatic rings. The molecule has 0 aliphatic heterocycles. The first-order chi connectivity index (χ1) is 12.1. The van der Waals surface area contributed by atoms with E-state index in [9.17, 15) is 9.59 Å². The Morgan fingerprint density at radius 1 is 1.20 bits per heavy atom. The van der Waals surface area contributed by atoms with Gasteiger partial charge >= 0.3 is 5.97 Å². The molecular formula is C19H20N2O4. The van der Waals surface area contributed by atoms with Crippen molar-refractivity contribution in [3.05, 3.63) is 65.4 Å². The molecule has 2 aromatic rings. The smallest absolute Gasteiger partial charge is 0.337 e. The molecule has 0 bridgehead atoms. The molecule has 0 saturated heterocycles. The summed E-state index contributed by atoms with van der Waals surface area (Å²) in [5.74, 6) is -0.106. The maximum Gasteiger partial charge on any atom is 0.337 e. The third-order valence-corrected chi connectivity index (χ3v) is 3.34. The van der Waals surface area contributed by atoms with Crippen LogP contribution in [-0.4, -0.2) is 30.6 Å². The highest BCUT2D eigenvalue weighted by Crippen LogP contribution is 2.13. The van der Waals surface area contributed by atoms with E-state index in [-0.39, 0.29) is 5.91 Å². The Bertz CT molecular complexity index is 754. The largest absolute Gasteiger partial charge is 0.478 e. The summed E-state index contributed by atoms with van der Waals surface area (Å²) in [6, 6.07) is 10.4. The van der Waals surface area contributed by atoms with Crippen molar-refractivity contribution in [2.75, 3.05) is 13.7 Å². The summed E-state index contributed by atoms with van der Waals surface area (Å²) in [5.41, 5.74) is 2.08. The fraction of sp³-hybridized carbons (Fsp3) is 0.211. The van der Waals surface area contributed by atoms with Gasteiger partial charge in [0.05, 0.1) is 19.3 Å². The zero-order valence-corrected chi connectivity index (χ0v) is 14.2. The fourth-order valence-electron chi connectivity index (χ4n) is 2.09. The van der Waals surface area contributed by atoms with Gasteiger partial charge in [0.2, 0.25) is 11.8 Å². The number of carbonyl (C=O) groups is 2. The second-order valence-corrected chi connectivity index (χ2v) is 5.07. The molecule has 0 atom stereocenters. The van der Waals surface area contributed by atoms with E-state index in [0.29, 0.717) is 24.6 Å². The number of methoxy groups -OCH3 is 1. The van der Waals surface area contributed by atoms with Crippen molar-refractivity contribution < 1.29 is 19.1 Å². The minimum atomic E-state index is -0.394. The maximum absolute atomic E-state index is 11.9. The van der Waals surface area contributed by atoms with Gasteiger partial charge in [0.25, 0.3) is 0 Å². The quantitative estimate of drug-likeness (QED) is 0.619. The molecule has 25 heavy (non-hydrogen) atoms. The third-order valence-electron chi connectivity index (χ3n) is 3.34.